The highest BCUT2D eigenvalue weighted by molar-refractivity contribution is 7.90. The Balaban J connectivity index is 2.08. The summed E-state index contributed by atoms with van der Waals surface area (Å²) in [6.45, 7) is 0. The SMILES string of the molecule is CN(C1CCCCC1)S(=O)(=O)Nc1cccc(N)c1. The van der Waals surface area contributed by atoms with Crippen LogP contribution in [0.4, 0.5) is 11.4 Å². The molecule has 106 valence electrons. The molecule has 0 heterocycles. The van der Waals surface area contributed by atoms with Crippen LogP contribution in [-0.2, 0) is 10.2 Å². The van der Waals surface area contributed by atoms with Crippen molar-refractivity contribution >= 4 is 21.6 Å². The third-order valence-electron chi connectivity index (χ3n) is 3.60. The maximum Gasteiger partial charge on any atom is 0.301 e. The van der Waals surface area contributed by atoms with Gasteiger partial charge in [0.2, 0.25) is 0 Å². The van der Waals surface area contributed by atoms with Gasteiger partial charge in [-0.2, -0.15) is 12.7 Å². The molecule has 0 atom stereocenters. The highest BCUT2D eigenvalue weighted by atomic mass is 32.2. The largest absolute Gasteiger partial charge is 0.399 e. The molecular weight excluding hydrogens is 262 g/mol. The van der Waals surface area contributed by atoms with Crippen LogP contribution in [0.5, 0.6) is 0 Å². The number of anilines is 2. The molecule has 6 heteroatoms. The van der Waals surface area contributed by atoms with E-state index in [1.54, 1.807) is 31.3 Å². The van der Waals surface area contributed by atoms with Crippen molar-refractivity contribution in [3.05, 3.63) is 24.3 Å². The van der Waals surface area contributed by atoms with Crippen LogP contribution in [0.3, 0.4) is 0 Å². The molecule has 0 aliphatic heterocycles. The molecule has 0 spiro atoms. The minimum absolute atomic E-state index is 0.104. The maximum atomic E-state index is 12.3. The topological polar surface area (TPSA) is 75.4 Å². The van der Waals surface area contributed by atoms with Crippen LogP contribution >= 0.6 is 0 Å². The lowest BCUT2D eigenvalue weighted by Gasteiger charge is -2.30. The van der Waals surface area contributed by atoms with Gasteiger partial charge >= 0.3 is 10.2 Å². The molecule has 3 N–H and O–H groups in total. The van der Waals surface area contributed by atoms with E-state index < -0.39 is 10.2 Å². The number of nitrogens with zero attached hydrogens (tertiary/aromatic N) is 1. The van der Waals surface area contributed by atoms with E-state index in [-0.39, 0.29) is 6.04 Å². The van der Waals surface area contributed by atoms with Gasteiger partial charge in [-0.25, -0.2) is 0 Å². The Morgan fingerprint density at radius 1 is 1.26 bits per heavy atom. The molecule has 0 aromatic heterocycles. The molecular formula is C13H21N3O2S. The second-order valence-electron chi connectivity index (χ2n) is 5.04. The van der Waals surface area contributed by atoms with Crippen molar-refractivity contribution < 1.29 is 8.42 Å². The van der Waals surface area contributed by atoms with Crippen molar-refractivity contribution in [3.8, 4) is 0 Å². The summed E-state index contributed by atoms with van der Waals surface area (Å²) in [5.74, 6) is 0. The molecule has 2 rings (SSSR count). The zero-order chi connectivity index (χ0) is 13.9. The lowest BCUT2D eigenvalue weighted by molar-refractivity contribution is 0.287. The van der Waals surface area contributed by atoms with Crippen LogP contribution in [-0.4, -0.2) is 25.8 Å². The summed E-state index contributed by atoms with van der Waals surface area (Å²) in [5.41, 5.74) is 6.69. The van der Waals surface area contributed by atoms with Crippen molar-refractivity contribution in [1.29, 1.82) is 0 Å². The first kappa shape index (κ1) is 14.1. The van der Waals surface area contributed by atoms with E-state index in [4.69, 9.17) is 5.73 Å². The van der Waals surface area contributed by atoms with Gasteiger partial charge in [-0.05, 0) is 31.0 Å². The van der Waals surface area contributed by atoms with Crippen LogP contribution in [0.2, 0.25) is 0 Å². The molecule has 1 aliphatic carbocycles. The van der Waals surface area contributed by atoms with E-state index in [0.717, 1.165) is 25.7 Å². The van der Waals surface area contributed by atoms with Crippen molar-refractivity contribution in [3.63, 3.8) is 0 Å². The third-order valence-corrected chi connectivity index (χ3v) is 5.15. The van der Waals surface area contributed by atoms with E-state index in [1.807, 2.05) is 0 Å². The maximum absolute atomic E-state index is 12.3. The predicted molar refractivity (Wildman–Crippen MR) is 78.0 cm³/mol. The molecule has 5 nitrogen and oxygen atoms in total. The highest BCUT2D eigenvalue weighted by Gasteiger charge is 2.27. The zero-order valence-corrected chi connectivity index (χ0v) is 12.0. The number of rotatable bonds is 4. The number of nitrogen functional groups attached to an aromatic ring is 1. The fourth-order valence-electron chi connectivity index (χ4n) is 2.46. The van der Waals surface area contributed by atoms with Crippen LogP contribution in [0.25, 0.3) is 0 Å². The number of hydrogen-bond acceptors (Lipinski definition) is 3. The summed E-state index contributed by atoms with van der Waals surface area (Å²) in [6, 6.07) is 6.87. The van der Waals surface area contributed by atoms with Gasteiger partial charge < -0.3 is 5.73 Å². The standard InChI is InChI=1S/C13H21N3O2S/c1-16(13-8-3-2-4-9-13)19(17,18)15-12-7-5-6-11(14)10-12/h5-7,10,13,15H,2-4,8-9,14H2,1H3. The fourth-order valence-corrected chi connectivity index (χ4v) is 3.64. The van der Waals surface area contributed by atoms with Crippen LogP contribution in [0.1, 0.15) is 32.1 Å². The predicted octanol–water partition coefficient (Wildman–Crippen LogP) is 2.19. The van der Waals surface area contributed by atoms with Gasteiger partial charge in [0.05, 0.1) is 5.69 Å². The quantitative estimate of drug-likeness (QED) is 0.832. The molecule has 1 aliphatic rings. The minimum Gasteiger partial charge on any atom is -0.399 e. The summed E-state index contributed by atoms with van der Waals surface area (Å²) in [5, 5.41) is 0. The summed E-state index contributed by atoms with van der Waals surface area (Å²) in [7, 11) is -1.86. The van der Waals surface area contributed by atoms with Gasteiger partial charge in [0.15, 0.2) is 0 Å². The number of benzene rings is 1. The number of hydrogen-bond donors (Lipinski definition) is 2. The van der Waals surface area contributed by atoms with Gasteiger partial charge in [0.1, 0.15) is 0 Å². The van der Waals surface area contributed by atoms with Gasteiger partial charge in [0, 0.05) is 18.8 Å². The van der Waals surface area contributed by atoms with Crippen molar-refractivity contribution in [1.82, 2.24) is 4.31 Å². The first-order chi connectivity index (χ1) is 8.99. The van der Waals surface area contributed by atoms with Crippen LogP contribution in [0, 0.1) is 0 Å². The third kappa shape index (κ3) is 3.61. The van der Waals surface area contributed by atoms with E-state index in [0.29, 0.717) is 11.4 Å². The lowest BCUT2D eigenvalue weighted by Crippen LogP contribution is -2.41. The molecule has 0 saturated heterocycles. The Labute approximate surface area is 115 Å². The molecule has 0 amide bonds. The Morgan fingerprint density at radius 2 is 1.95 bits per heavy atom. The minimum atomic E-state index is -3.50. The van der Waals surface area contributed by atoms with Crippen molar-refractivity contribution in [2.24, 2.45) is 0 Å². The monoisotopic (exact) mass is 283 g/mol. The summed E-state index contributed by atoms with van der Waals surface area (Å²) < 4.78 is 28.6. The van der Waals surface area contributed by atoms with E-state index in [9.17, 15) is 8.42 Å². The molecule has 1 fully saturated rings. The van der Waals surface area contributed by atoms with Gasteiger partial charge in [-0.1, -0.05) is 25.3 Å². The van der Waals surface area contributed by atoms with E-state index in [2.05, 4.69) is 4.72 Å². The molecule has 1 saturated carbocycles. The average molecular weight is 283 g/mol. The van der Waals surface area contributed by atoms with Crippen LogP contribution in [0.15, 0.2) is 24.3 Å². The second kappa shape index (κ2) is 5.79. The average Bonchev–Trinajstić information content (AvgIpc) is 2.38. The van der Waals surface area contributed by atoms with Crippen LogP contribution < -0.4 is 10.5 Å². The first-order valence-electron chi connectivity index (χ1n) is 6.60. The van der Waals surface area contributed by atoms with Crippen molar-refractivity contribution in [2.45, 2.75) is 38.1 Å². The molecule has 1 aromatic rings. The smallest absolute Gasteiger partial charge is 0.301 e. The second-order valence-corrected chi connectivity index (χ2v) is 6.77. The molecule has 0 radical (unpaired) electrons. The highest BCUT2D eigenvalue weighted by Crippen LogP contribution is 2.24. The van der Waals surface area contributed by atoms with E-state index >= 15 is 0 Å². The number of nitrogens with two attached hydrogens (primary N) is 1. The van der Waals surface area contributed by atoms with E-state index in [1.165, 1.54) is 10.7 Å². The summed E-state index contributed by atoms with van der Waals surface area (Å²) in [6.07, 6.45) is 5.28. The first-order valence-corrected chi connectivity index (χ1v) is 8.04. The Bertz CT molecular complexity index is 524. The van der Waals surface area contributed by atoms with Gasteiger partial charge in [0.25, 0.3) is 0 Å². The van der Waals surface area contributed by atoms with Gasteiger partial charge in [-0.3, -0.25) is 4.72 Å². The molecule has 1 aromatic carbocycles. The Hall–Kier alpha value is -1.27. The van der Waals surface area contributed by atoms with Crippen molar-refractivity contribution in [2.75, 3.05) is 17.5 Å². The molecule has 19 heavy (non-hydrogen) atoms. The molecule has 0 unspecified atom stereocenters. The number of nitrogens with one attached hydrogen (secondary N) is 1. The lowest BCUT2D eigenvalue weighted by atomic mass is 9.96. The Morgan fingerprint density at radius 3 is 2.58 bits per heavy atom. The molecule has 0 bridgehead atoms. The van der Waals surface area contributed by atoms with Gasteiger partial charge in [-0.15, -0.1) is 0 Å². The fraction of sp³-hybridized carbons (Fsp3) is 0.538. The summed E-state index contributed by atoms with van der Waals surface area (Å²) >= 11 is 0. The Kier molecular flexibility index (Phi) is 4.31. The zero-order valence-electron chi connectivity index (χ0n) is 11.2. The summed E-state index contributed by atoms with van der Waals surface area (Å²) in [4.78, 5) is 0. The normalized spacial score (nSPS) is 17.6.